The van der Waals surface area contributed by atoms with Crippen LogP contribution in [0.15, 0.2) is 18.2 Å². The van der Waals surface area contributed by atoms with Gasteiger partial charge in [0, 0.05) is 19.5 Å². The van der Waals surface area contributed by atoms with Crippen molar-refractivity contribution in [2.24, 2.45) is 5.92 Å². The minimum absolute atomic E-state index is 0.0108. The number of hydrogen-bond acceptors (Lipinski definition) is 4. The van der Waals surface area contributed by atoms with Gasteiger partial charge >= 0.3 is 0 Å². The molecule has 1 aromatic rings. The molecule has 6 nitrogen and oxygen atoms in total. The van der Waals surface area contributed by atoms with Crippen molar-refractivity contribution in [2.45, 2.75) is 45.1 Å². The van der Waals surface area contributed by atoms with Crippen molar-refractivity contribution in [1.82, 2.24) is 10.2 Å². The van der Waals surface area contributed by atoms with E-state index in [1.54, 1.807) is 33.1 Å². The van der Waals surface area contributed by atoms with Crippen molar-refractivity contribution in [1.29, 1.82) is 0 Å². The van der Waals surface area contributed by atoms with Gasteiger partial charge in [-0.25, -0.2) is 0 Å². The number of carbonyl (C=O) groups is 2. The van der Waals surface area contributed by atoms with Gasteiger partial charge in [-0.15, -0.1) is 0 Å². The lowest BCUT2D eigenvalue weighted by molar-refractivity contribution is -0.135. The Morgan fingerprint density at radius 1 is 1.19 bits per heavy atom. The van der Waals surface area contributed by atoms with Crippen LogP contribution in [0.5, 0.6) is 11.5 Å². The van der Waals surface area contributed by atoms with Crippen molar-refractivity contribution < 1.29 is 19.1 Å². The second-order valence-corrected chi connectivity index (χ2v) is 6.91. The summed E-state index contributed by atoms with van der Waals surface area (Å²) in [6, 6.07) is 5.24. The van der Waals surface area contributed by atoms with Crippen molar-refractivity contribution in [3.05, 3.63) is 23.8 Å². The number of ether oxygens (including phenoxy) is 2. The van der Waals surface area contributed by atoms with Crippen LogP contribution in [-0.2, 0) is 16.0 Å². The summed E-state index contributed by atoms with van der Waals surface area (Å²) < 4.78 is 10.5. The van der Waals surface area contributed by atoms with Gasteiger partial charge in [0.15, 0.2) is 11.5 Å². The SMILES string of the molecule is COc1ccc(CCN(C)C(=O)C(C)NC(=O)C2CCCC2)cc1OC. The molecule has 1 atom stereocenters. The van der Waals surface area contributed by atoms with Crippen LogP contribution in [-0.4, -0.2) is 50.6 Å². The first-order valence-corrected chi connectivity index (χ1v) is 9.22. The number of methoxy groups -OCH3 is 2. The fourth-order valence-corrected chi connectivity index (χ4v) is 3.35. The summed E-state index contributed by atoms with van der Waals surface area (Å²) in [4.78, 5) is 26.4. The highest BCUT2D eigenvalue weighted by Crippen LogP contribution is 2.28. The molecule has 2 amide bonds. The van der Waals surface area contributed by atoms with Gasteiger partial charge in [-0.2, -0.15) is 0 Å². The zero-order valence-electron chi connectivity index (χ0n) is 16.2. The average molecular weight is 362 g/mol. The third-order valence-electron chi connectivity index (χ3n) is 5.02. The quantitative estimate of drug-likeness (QED) is 0.771. The minimum Gasteiger partial charge on any atom is -0.493 e. The molecular weight excluding hydrogens is 332 g/mol. The molecule has 0 saturated heterocycles. The van der Waals surface area contributed by atoms with Crippen LogP contribution < -0.4 is 14.8 Å². The van der Waals surface area contributed by atoms with Crippen LogP contribution in [0.1, 0.15) is 38.2 Å². The summed E-state index contributed by atoms with van der Waals surface area (Å²) >= 11 is 0. The van der Waals surface area contributed by atoms with E-state index in [4.69, 9.17) is 9.47 Å². The zero-order valence-corrected chi connectivity index (χ0v) is 16.2. The van der Waals surface area contributed by atoms with Crippen molar-refractivity contribution in [3.63, 3.8) is 0 Å². The molecule has 1 unspecified atom stereocenters. The van der Waals surface area contributed by atoms with Gasteiger partial charge in [-0.3, -0.25) is 9.59 Å². The highest BCUT2D eigenvalue weighted by molar-refractivity contribution is 5.88. The molecule has 1 aliphatic carbocycles. The Kier molecular flexibility index (Phi) is 7.30. The van der Waals surface area contributed by atoms with Gasteiger partial charge in [-0.1, -0.05) is 18.9 Å². The summed E-state index contributed by atoms with van der Waals surface area (Å²) in [6.45, 7) is 2.32. The molecule has 1 N–H and O–H groups in total. The lowest BCUT2D eigenvalue weighted by Crippen LogP contribution is -2.47. The number of hydrogen-bond donors (Lipinski definition) is 1. The Bertz CT molecular complexity index is 626. The Hall–Kier alpha value is -2.24. The first kappa shape index (κ1) is 20.1. The number of carbonyl (C=O) groups excluding carboxylic acids is 2. The maximum atomic E-state index is 12.5. The second kappa shape index (κ2) is 9.46. The number of nitrogens with zero attached hydrogens (tertiary/aromatic N) is 1. The largest absolute Gasteiger partial charge is 0.493 e. The highest BCUT2D eigenvalue weighted by atomic mass is 16.5. The van der Waals surface area contributed by atoms with Crippen molar-refractivity contribution in [2.75, 3.05) is 27.8 Å². The average Bonchev–Trinajstić information content (AvgIpc) is 3.19. The monoisotopic (exact) mass is 362 g/mol. The summed E-state index contributed by atoms with van der Waals surface area (Å²) in [5.41, 5.74) is 1.06. The van der Waals surface area contributed by atoms with Gasteiger partial charge in [0.05, 0.1) is 14.2 Å². The van der Waals surface area contributed by atoms with Crippen LogP contribution >= 0.6 is 0 Å². The predicted molar refractivity (Wildman–Crippen MR) is 100 cm³/mol. The fraction of sp³-hybridized carbons (Fsp3) is 0.600. The molecule has 1 aromatic carbocycles. The Morgan fingerprint density at radius 2 is 1.85 bits per heavy atom. The number of nitrogens with one attached hydrogen (secondary N) is 1. The molecule has 6 heteroatoms. The minimum atomic E-state index is -0.501. The van der Waals surface area contributed by atoms with Gasteiger partial charge in [-0.05, 0) is 43.9 Å². The molecule has 144 valence electrons. The topological polar surface area (TPSA) is 67.9 Å². The third-order valence-corrected chi connectivity index (χ3v) is 5.02. The normalized spacial score (nSPS) is 15.4. The highest BCUT2D eigenvalue weighted by Gasteiger charge is 2.26. The van der Waals surface area contributed by atoms with Crippen LogP contribution in [0.25, 0.3) is 0 Å². The van der Waals surface area contributed by atoms with E-state index in [-0.39, 0.29) is 17.7 Å². The summed E-state index contributed by atoms with van der Waals surface area (Å²) in [5.74, 6) is 1.37. The lowest BCUT2D eigenvalue weighted by Gasteiger charge is -2.23. The number of benzene rings is 1. The molecule has 0 aromatic heterocycles. The van der Waals surface area contributed by atoms with Gasteiger partial charge in [0.2, 0.25) is 11.8 Å². The molecule has 0 aliphatic heterocycles. The Balaban J connectivity index is 1.85. The van der Waals surface area contributed by atoms with Crippen LogP contribution in [0.4, 0.5) is 0 Å². The smallest absolute Gasteiger partial charge is 0.244 e. The molecule has 0 radical (unpaired) electrons. The maximum Gasteiger partial charge on any atom is 0.244 e. The van der Waals surface area contributed by atoms with Crippen LogP contribution in [0.3, 0.4) is 0 Å². The maximum absolute atomic E-state index is 12.5. The third kappa shape index (κ3) is 5.13. The second-order valence-electron chi connectivity index (χ2n) is 6.91. The summed E-state index contributed by atoms with van der Waals surface area (Å²) in [6.07, 6.45) is 4.77. The van der Waals surface area contributed by atoms with Crippen LogP contribution in [0.2, 0.25) is 0 Å². The van der Waals surface area contributed by atoms with E-state index in [1.807, 2.05) is 18.2 Å². The van der Waals surface area contributed by atoms with E-state index in [9.17, 15) is 9.59 Å². The first-order valence-electron chi connectivity index (χ1n) is 9.22. The van der Waals surface area contributed by atoms with Gasteiger partial charge < -0.3 is 19.7 Å². The predicted octanol–water partition coefficient (Wildman–Crippen LogP) is 2.40. The molecule has 26 heavy (non-hydrogen) atoms. The van der Waals surface area contributed by atoms with Crippen molar-refractivity contribution >= 4 is 11.8 Å². The Labute approximate surface area is 155 Å². The number of rotatable bonds is 8. The van der Waals surface area contributed by atoms with Gasteiger partial charge in [0.1, 0.15) is 6.04 Å². The lowest BCUT2D eigenvalue weighted by atomic mass is 10.1. The van der Waals surface area contributed by atoms with Crippen LogP contribution in [0, 0.1) is 5.92 Å². The summed E-state index contributed by atoms with van der Waals surface area (Å²) in [7, 11) is 4.97. The number of likely N-dealkylation sites (N-methyl/N-ethyl adjacent to an activating group) is 1. The molecule has 1 fully saturated rings. The molecule has 0 spiro atoms. The van der Waals surface area contributed by atoms with E-state index in [1.165, 1.54) is 0 Å². The molecule has 0 heterocycles. The fourth-order valence-electron chi connectivity index (χ4n) is 3.35. The molecule has 2 rings (SSSR count). The Morgan fingerprint density at radius 3 is 2.46 bits per heavy atom. The van der Waals surface area contributed by atoms with E-state index >= 15 is 0 Å². The van der Waals surface area contributed by atoms with E-state index in [0.717, 1.165) is 31.2 Å². The standard InChI is InChI=1S/C20H30N2O4/c1-14(21-19(23)16-7-5-6-8-16)20(24)22(2)12-11-15-9-10-17(25-3)18(13-15)26-4/h9-10,13-14,16H,5-8,11-12H2,1-4H3,(H,21,23). The molecule has 0 bridgehead atoms. The van der Waals surface area contributed by atoms with Crippen molar-refractivity contribution in [3.8, 4) is 11.5 Å². The van der Waals surface area contributed by atoms with E-state index < -0.39 is 6.04 Å². The molecule has 1 aliphatic rings. The molecular formula is C20H30N2O4. The van der Waals surface area contributed by atoms with E-state index in [2.05, 4.69) is 5.32 Å². The molecule has 1 saturated carbocycles. The van der Waals surface area contributed by atoms with E-state index in [0.29, 0.717) is 24.5 Å². The summed E-state index contributed by atoms with van der Waals surface area (Å²) in [5, 5.41) is 2.87. The number of amides is 2. The first-order chi connectivity index (χ1) is 12.5. The zero-order chi connectivity index (χ0) is 19.1. The van der Waals surface area contributed by atoms with Gasteiger partial charge in [0.25, 0.3) is 0 Å².